The highest BCUT2D eigenvalue weighted by Crippen LogP contribution is 2.40. The standard InChI is InChI=1S/C13H17ClF2N2/c1-2-11-10(7-14)8-17-12(18-11)9-4-3-5-13(15,16)6-9/h8-9H,2-7H2,1H3. The van der Waals surface area contributed by atoms with Crippen LogP contribution in [0, 0.1) is 0 Å². The lowest BCUT2D eigenvalue weighted by molar-refractivity contribution is -0.0417. The Morgan fingerprint density at radius 2 is 2.28 bits per heavy atom. The molecule has 18 heavy (non-hydrogen) atoms. The molecule has 1 unspecified atom stereocenters. The highest BCUT2D eigenvalue weighted by atomic mass is 35.5. The fourth-order valence-corrected chi connectivity index (χ4v) is 2.69. The van der Waals surface area contributed by atoms with Gasteiger partial charge in [-0.25, -0.2) is 18.7 Å². The van der Waals surface area contributed by atoms with Crippen molar-refractivity contribution >= 4 is 11.6 Å². The van der Waals surface area contributed by atoms with Gasteiger partial charge in [-0.2, -0.15) is 0 Å². The molecule has 1 fully saturated rings. The second-order valence-electron chi connectivity index (χ2n) is 4.84. The van der Waals surface area contributed by atoms with E-state index in [0.29, 0.717) is 18.1 Å². The van der Waals surface area contributed by atoms with Gasteiger partial charge in [0.05, 0.1) is 5.88 Å². The molecule has 1 aliphatic rings. The van der Waals surface area contributed by atoms with E-state index in [-0.39, 0.29) is 18.8 Å². The first kappa shape index (κ1) is 13.7. The van der Waals surface area contributed by atoms with Crippen LogP contribution < -0.4 is 0 Å². The Hall–Kier alpha value is -0.770. The van der Waals surface area contributed by atoms with Crippen LogP contribution in [-0.4, -0.2) is 15.9 Å². The van der Waals surface area contributed by atoms with Gasteiger partial charge in [-0.05, 0) is 19.3 Å². The second-order valence-corrected chi connectivity index (χ2v) is 5.10. The van der Waals surface area contributed by atoms with E-state index in [2.05, 4.69) is 9.97 Å². The summed E-state index contributed by atoms with van der Waals surface area (Å²) >= 11 is 5.79. The van der Waals surface area contributed by atoms with Crippen LogP contribution in [0.1, 0.15) is 55.6 Å². The average molecular weight is 275 g/mol. The first-order valence-electron chi connectivity index (χ1n) is 6.34. The van der Waals surface area contributed by atoms with Crippen molar-refractivity contribution in [1.29, 1.82) is 0 Å². The molecule has 2 rings (SSSR count). The molecule has 1 atom stereocenters. The van der Waals surface area contributed by atoms with Gasteiger partial charge in [-0.1, -0.05) is 6.92 Å². The third-order valence-electron chi connectivity index (χ3n) is 3.46. The van der Waals surface area contributed by atoms with E-state index in [4.69, 9.17) is 11.6 Å². The predicted molar refractivity (Wildman–Crippen MR) is 67.1 cm³/mol. The summed E-state index contributed by atoms with van der Waals surface area (Å²) in [7, 11) is 0. The van der Waals surface area contributed by atoms with Crippen LogP contribution in [0.5, 0.6) is 0 Å². The fraction of sp³-hybridized carbons (Fsp3) is 0.692. The van der Waals surface area contributed by atoms with E-state index >= 15 is 0 Å². The first-order valence-corrected chi connectivity index (χ1v) is 6.87. The zero-order chi connectivity index (χ0) is 13.2. The third-order valence-corrected chi connectivity index (χ3v) is 3.74. The molecule has 1 aromatic heterocycles. The number of rotatable bonds is 3. The number of nitrogens with zero attached hydrogens (tertiary/aromatic N) is 2. The van der Waals surface area contributed by atoms with Gasteiger partial charge in [0.1, 0.15) is 5.82 Å². The number of aryl methyl sites for hydroxylation is 1. The molecule has 1 saturated carbocycles. The summed E-state index contributed by atoms with van der Waals surface area (Å²) in [6.07, 6.45) is 3.58. The molecule has 1 heterocycles. The molecule has 0 N–H and O–H groups in total. The van der Waals surface area contributed by atoms with Gasteiger partial charge in [-0.15, -0.1) is 11.6 Å². The Balaban J connectivity index is 2.23. The molecule has 1 aliphatic carbocycles. The van der Waals surface area contributed by atoms with Crippen molar-refractivity contribution in [1.82, 2.24) is 9.97 Å². The van der Waals surface area contributed by atoms with E-state index in [1.54, 1.807) is 6.20 Å². The van der Waals surface area contributed by atoms with E-state index in [1.165, 1.54) is 0 Å². The molecule has 5 heteroatoms. The summed E-state index contributed by atoms with van der Waals surface area (Å²) in [6.45, 7) is 1.98. The highest BCUT2D eigenvalue weighted by molar-refractivity contribution is 6.17. The Bertz CT molecular complexity index is 423. The fourth-order valence-electron chi connectivity index (χ4n) is 2.46. The van der Waals surface area contributed by atoms with Crippen molar-refractivity contribution in [3.8, 4) is 0 Å². The van der Waals surface area contributed by atoms with E-state index < -0.39 is 5.92 Å². The van der Waals surface area contributed by atoms with Gasteiger partial charge in [0.25, 0.3) is 0 Å². The van der Waals surface area contributed by atoms with Crippen molar-refractivity contribution in [2.75, 3.05) is 0 Å². The lowest BCUT2D eigenvalue weighted by Crippen LogP contribution is -2.26. The largest absolute Gasteiger partial charge is 0.248 e. The van der Waals surface area contributed by atoms with Gasteiger partial charge < -0.3 is 0 Å². The minimum atomic E-state index is -2.57. The maximum Gasteiger partial charge on any atom is 0.248 e. The molecule has 0 bridgehead atoms. The van der Waals surface area contributed by atoms with Crippen LogP contribution >= 0.6 is 11.6 Å². The first-order chi connectivity index (χ1) is 8.55. The monoisotopic (exact) mass is 274 g/mol. The summed E-state index contributed by atoms with van der Waals surface area (Å²) in [5.41, 5.74) is 1.77. The molecule has 0 spiro atoms. The molecule has 0 radical (unpaired) electrons. The molecule has 2 nitrogen and oxygen atoms in total. The highest BCUT2D eigenvalue weighted by Gasteiger charge is 2.37. The van der Waals surface area contributed by atoms with Crippen LogP contribution in [0.4, 0.5) is 8.78 Å². The van der Waals surface area contributed by atoms with Gasteiger partial charge in [-0.3, -0.25) is 0 Å². The molecule has 1 aromatic rings. The quantitative estimate of drug-likeness (QED) is 0.777. The summed E-state index contributed by atoms with van der Waals surface area (Å²) in [6, 6.07) is 0. The average Bonchev–Trinajstić information content (AvgIpc) is 2.36. The van der Waals surface area contributed by atoms with Gasteiger partial charge in [0.15, 0.2) is 0 Å². The minimum absolute atomic E-state index is 0.0100. The third kappa shape index (κ3) is 2.97. The number of aromatic nitrogens is 2. The van der Waals surface area contributed by atoms with E-state index in [0.717, 1.165) is 24.1 Å². The van der Waals surface area contributed by atoms with Crippen LogP contribution in [0.25, 0.3) is 0 Å². The Kier molecular flexibility index (Phi) is 4.15. The number of hydrogen-bond donors (Lipinski definition) is 0. The van der Waals surface area contributed by atoms with Crippen LogP contribution in [0.15, 0.2) is 6.20 Å². The zero-order valence-electron chi connectivity index (χ0n) is 10.4. The SMILES string of the molecule is CCc1nc(C2CCCC(F)(F)C2)ncc1CCl. The topological polar surface area (TPSA) is 25.8 Å². The van der Waals surface area contributed by atoms with Gasteiger partial charge in [0.2, 0.25) is 5.92 Å². The second kappa shape index (κ2) is 5.47. The van der Waals surface area contributed by atoms with E-state index in [9.17, 15) is 8.78 Å². The molecule has 0 aromatic carbocycles. The van der Waals surface area contributed by atoms with E-state index in [1.807, 2.05) is 6.92 Å². The summed E-state index contributed by atoms with van der Waals surface area (Å²) < 4.78 is 26.8. The van der Waals surface area contributed by atoms with Crippen molar-refractivity contribution in [2.24, 2.45) is 0 Å². The van der Waals surface area contributed by atoms with Crippen molar-refractivity contribution in [3.05, 3.63) is 23.3 Å². The molecule has 0 amide bonds. The van der Waals surface area contributed by atoms with Crippen LogP contribution in [0.3, 0.4) is 0 Å². The molecule has 100 valence electrons. The Morgan fingerprint density at radius 1 is 1.50 bits per heavy atom. The van der Waals surface area contributed by atoms with Crippen molar-refractivity contribution in [3.63, 3.8) is 0 Å². The lowest BCUT2D eigenvalue weighted by atomic mass is 9.86. The maximum absolute atomic E-state index is 13.4. The number of halogens is 3. The Morgan fingerprint density at radius 3 is 2.89 bits per heavy atom. The normalized spacial score (nSPS) is 23.0. The number of hydrogen-bond acceptors (Lipinski definition) is 2. The number of alkyl halides is 3. The molecular formula is C13H17ClF2N2. The maximum atomic E-state index is 13.4. The Labute approximate surface area is 111 Å². The smallest absolute Gasteiger partial charge is 0.241 e. The van der Waals surface area contributed by atoms with Gasteiger partial charge >= 0.3 is 0 Å². The molecule has 0 aliphatic heterocycles. The minimum Gasteiger partial charge on any atom is -0.241 e. The molecular weight excluding hydrogens is 258 g/mol. The summed E-state index contributed by atoms with van der Waals surface area (Å²) in [5, 5.41) is 0. The van der Waals surface area contributed by atoms with Gasteiger partial charge in [0, 0.05) is 36.2 Å². The zero-order valence-corrected chi connectivity index (χ0v) is 11.2. The van der Waals surface area contributed by atoms with Crippen molar-refractivity contribution in [2.45, 2.75) is 56.7 Å². The molecule has 0 saturated heterocycles. The predicted octanol–water partition coefficient (Wildman–Crippen LogP) is 4.07. The van der Waals surface area contributed by atoms with Crippen LogP contribution in [0.2, 0.25) is 0 Å². The summed E-state index contributed by atoms with van der Waals surface area (Å²) in [5.74, 6) is -1.86. The van der Waals surface area contributed by atoms with Crippen molar-refractivity contribution < 1.29 is 8.78 Å². The van der Waals surface area contributed by atoms with Crippen LogP contribution in [-0.2, 0) is 12.3 Å². The summed E-state index contributed by atoms with van der Waals surface area (Å²) in [4.78, 5) is 8.64. The lowest BCUT2D eigenvalue weighted by Gasteiger charge is -2.28.